The number of hydrogen-bond donors (Lipinski definition) is 2. The highest BCUT2D eigenvalue weighted by atomic mass is 32.2. The smallest absolute Gasteiger partial charge is 0.327 e. The minimum Gasteiger partial charge on any atom is -0.480 e. The molecule has 2 amide bonds. The summed E-state index contributed by atoms with van der Waals surface area (Å²) in [7, 11) is 1.65. The lowest BCUT2D eigenvalue weighted by Crippen LogP contribution is -2.54. The third kappa shape index (κ3) is 2.66. The maximum Gasteiger partial charge on any atom is 0.327 e. The van der Waals surface area contributed by atoms with E-state index >= 15 is 0 Å². The van der Waals surface area contributed by atoms with Crippen molar-refractivity contribution in [2.24, 2.45) is 0 Å². The van der Waals surface area contributed by atoms with Gasteiger partial charge in [0.1, 0.15) is 6.04 Å². The fourth-order valence-electron chi connectivity index (χ4n) is 1.98. The molecule has 2 rings (SSSR count). The third-order valence-corrected chi connectivity index (χ3v) is 4.20. The molecular formula is C10H16N2O4S. The first-order valence-corrected chi connectivity index (χ1v) is 6.67. The van der Waals surface area contributed by atoms with E-state index in [0.717, 1.165) is 12.8 Å². The van der Waals surface area contributed by atoms with Crippen molar-refractivity contribution in [1.82, 2.24) is 10.2 Å². The van der Waals surface area contributed by atoms with Crippen molar-refractivity contribution in [3.8, 4) is 0 Å². The first kappa shape index (κ1) is 12.5. The van der Waals surface area contributed by atoms with E-state index in [1.807, 2.05) is 0 Å². The fraction of sp³-hybridized carbons (Fsp3) is 0.800. The predicted molar refractivity (Wildman–Crippen MR) is 62.9 cm³/mol. The van der Waals surface area contributed by atoms with Crippen molar-refractivity contribution in [3.05, 3.63) is 0 Å². The maximum atomic E-state index is 11.9. The summed E-state index contributed by atoms with van der Waals surface area (Å²) >= 11 is 1.46. The molecule has 1 heterocycles. The predicted octanol–water partition coefficient (Wildman–Crippen LogP) is 0.333. The first-order chi connectivity index (χ1) is 8.11. The average molecular weight is 260 g/mol. The molecule has 2 fully saturated rings. The number of carboxylic acids is 1. The molecule has 0 aromatic carbocycles. The minimum absolute atomic E-state index is 0.118. The Hall–Kier alpha value is -0.950. The Labute approximate surface area is 104 Å². The van der Waals surface area contributed by atoms with E-state index in [1.165, 1.54) is 16.7 Å². The molecule has 6 nitrogen and oxygen atoms in total. The Kier molecular flexibility index (Phi) is 3.78. The van der Waals surface area contributed by atoms with Crippen LogP contribution in [0.4, 0.5) is 4.79 Å². The van der Waals surface area contributed by atoms with E-state index in [2.05, 4.69) is 5.32 Å². The van der Waals surface area contributed by atoms with E-state index < -0.39 is 12.0 Å². The van der Waals surface area contributed by atoms with Crippen LogP contribution in [-0.2, 0) is 9.53 Å². The quantitative estimate of drug-likeness (QED) is 0.764. The van der Waals surface area contributed by atoms with Gasteiger partial charge in [0.25, 0.3) is 0 Å². The van der Waals surface area contributed by atoms with Gasteiger partial charge in [-0.25, -0.2) is 9.59 Å². The topological polar surface area (TPSA) is 78.9 Å². The second-order valence-electron chi connectivity index (χ2n) is 4.30. The molecule has 0 radical (unpaired) electrons. The number of carboxylic acid groups (broad SMARTS) is 1. The van der Waals surface area contributed by atoms with Gasteiger partial charge < -0.3 is 20.1 Å². The van der Waals surface area contributed by atoms with Crippen molar-refractivity contribution >= 4 is 23.8 Å². The summed E-state index contributed by atoms with van der Waals surface area (Å²) in [6.07, 6.45) is 1.84. The number of carbonyl (C=O) groups is 2. The van der Waals surface area contributed by atoms with Crippen LogP contribution in [0, 0.1) is 0 Å². The number of aliphatic carboxylic acids is 1. The molecule has 0 bridgehead atoms. The Morgan fingerprint density at radius 1 is 1.47 bits per heavy atom. The van der Waals surface area contributed by atoms with E-state index in [-0.39, 0.29) is 18.2 Å². The van der Waals surface area contributed by atoms with E-state index in [0.29, 0.717) is 11.6 Å². The van der Waals surface area contributed by atoms with Gasteiger partial charge in [-0.3, -0.25) is 0 Å². The van der Waals surface area contributed by atoms with Gasteiger partial charge in [-0.1, -0.05) is 0 Å². The molecule has 0 aromatic heterocycles. The van der Waals surface area contributed by atoms with Crippen molar-refractivity contribution in [3.63, 3.8) is 0 Å². The highest BCUT2D eigenvalue weighted by molar-refractivity contribution is 7.99. The van der Waals surface area contributed by atoms with Crippen molar-refractivity contribution in [2.45, 2.75) is 31.0 Å². The summed E-state index contributed by atoms with van der Waals surface area (Å²) in [5.74, 6) is -0.0225. The molecule has 1 aliphatic heterocycles. The third-order valence-electron chi connectivity index (χ3n) is 3.18. The van der Waals surface area contributed by atoms with Gasteiger partial charge >= 0.3 is 12.0 Å². The van der Waals surface area contributed by atoms with Crippen LogP contribution in [0.25, 0.3) is 0 Å². The van der Waals surface area contributed by atoms with Gasteiger partial charge in [0.2, 0.25) is 0 Å². The lowest BCUT2D eigenvalue weighted by Gasteiger charge is -2.36. The van der Waals surface area contributed by atoms with Crippen molar-refractivity contribution < 1.29 is 19.4 Å². The number of methoxy groups -OCH3 is 1. The van der Waals surface area contributed by atoms with Crippen LogP contribution in [0.5, 0.6) is 0 Å². The maximum absolute atomic E-state index is 11.9. The highest BCUT2D eigenvalue weighted by Crippen LogP contribution is 2.25. The Morgan fingerprint density at radius 3 is 2.76 bits per heavy atom. The molecule has 1 saturated carbocycles. The summed E-state index contributed by atoms with van der Waals surface area (Å²) in [6.45, 7) is 0. The van der Waals surface area contributed by atoms with Gasteiger partial charge in [-0.15, -0.1) is 11.8 Å². The normalized spacial score (nSPS) is 32.1. The summed E-state index contributed by atoms with van der Waals surface area (Å²) in [4.78, 5) is 24.2. The lowest BCUT2D eigenvalue weighted by molar-refractivity contribution is -0.140. The van der Waals surface area contributed by atoms with Gasteiger partial charge in [0.15, 0.2) is 0 Å². The van der Waals surface area contributed by atoms with Crippen LogP contribution in [0.3, 0.4) is 0 Å². The van der Waals surface area contributed by atoms with Crippen LogP contribution in [0.2, 0.25) is 0 Å². The first-order valence-electron chi connectivity index (χ1n) is 5.52. The Balaban J connectivity index is 1.82. The Morgan fingerprint density at radius 2 is 2.18 bits per heavy atom. The van der Waals surface area contributed by atoms with Gasteiger partial charge in [-0.05, 0) is 12.8 Å². The van der Waals surface area contributed by atoms with Crippen LogP contribution >= 0.6 is 11.8 Å². The number of hydrogen-bond acceptors (Lipinski definition) is 4. The van der Waals surface area contributed by atoms with Crippen molar-refractivity contribution in [1.29, 1.82) is 0 Å². The van der Waals surface area contributed by atoms with E-state index in [4.69, 9.17) is 9.84 Å². The second kappa shape index (κ2) is 5.14. The molecule has 96 valence electrons. The number of amides is 2. The summed E-state index contributed by atoms with van der Waals surface area (Å²) in [5.41, 5.74) is 0. The zero-order valence-electron chi connectivity index (χ0n) is 9.59. The molecule has 0 unspecified atom stereocenters. The molecule has 1 saturated heterocycles. The molecule has 7 heteroatoms. The molecule has 1 aliphatic carbocycles. The summed E-state index contributed by atoms with van der Waals surface area (Å²) in [6, 6.07) is -0.854. The summed E-state index contributed by atoms with van der Waals surface area (Å²) < 4.78 is 5.12. The number of nitrogens with one attached hydrogen (secondary N) is 1. The number of thioether (sulfide) groups is 1. The monoisotopic (exact) mass is 260 g/mol. The number of nitrogens with zero attached hydrogens (tertiary/aromatic N) is 1. The minimum atomic E-state index is -0.937. The molecule has 1 atom stereocenters. The second-order valence-corrected chi connectivity index (χ2v) is 5.30. The standard InChI is InChI=1S/C10H16N2O4S/c1-16-7-2-6(3-7)11-10(15)12-5-17-4-8(12)9(13)14/h6-8H,2-5H2,1H3,(H,11,15)(H,13,14)/t6?,7?,8-/m0/s1. The number of urea groups is 1. The summed E-state index contributed by atoms with van der Waals surface area (Å²) in [5, 5.41) is 11.8. The van der Waals surface area contributed by atoms with Crippen LogP contribution in [-0.4, -0.2) is 58.9 Å². The number of carbonyl (C=O) groups excluding carboxylic acids is 1. The average Bonchev–Trinajstić information content (AvgIpc) is 2.71. The van der Waals surface area contributed by atoms with Crippen LogP contribution in [0.1, 0.15) is 12.8 Å². The fourth-order valence-corrected chi connectivity index (χ4v) is 3.13. The van der Waals surface area contributed by atoms with Gasteiger partial charge in [-0.2, -0.15) is 0 Å². The zero-order valence-corrected chi connectivity index (χ0v) is 10.4. The van der Waals surface area contributed by atoms with Gasteiger partial charge in [0, 0.05) is 18.9 Å². The number of ether oxygens (including phenoxy) is 1. The number of rotatable bonds is 3. The van der Waals surface area contributed by atoms with Crippen LogP contribution in [0.15, 0.2) is 0 Å². The lowest BCUT2D eigenvalue weighted by atomic mass is 9.89. The van der Waals surface area contributed by atoms with E-state index in [1.54, 1.807) is 7.11 Å². The van der Waals surface area contributed by atoms with Crippen LogP contribution < -0.4 is 5.32 Å². The Bertz CT molecular complexity index is 319. The molecule has 2 N–H and O–H groups in total. The largest absolute Gasteiger partial charge is 0.480 e. The zero-order chi connectivity index (χ0) is 12.4. The molecular weight excluding hydrogens is 244 g/mol. The molecule has 17 heavy (non-hydrogen) atoms. The SMILES string of the molecule is COC1CC(NC(=O)N2CSC[C@H]2C(=O)O)C1. The molecule has 0 aromatic rings. The van der Waals surface area contributed by atoms with E-state index in [9.17, 15) is 9.59 Å². The molecule has 0 spiro atoms. The molecule has 2 aliphatic rings. The van der Waals surface area contributed by atoms with Crippen molar-refractivity contribution in [2.75, 3.05) is 18.7 Å². The van der Waals surface area contributed by atoms with Gasteiger partial charge in [0.05, 0.1) is 12.0 Å². The highest BCUT2D eigenvalue weighted by Gasteiger charge is 2.37.